The zero-order valence-corrected chi connectivity index (χ0v) is 11.8. The molecule has 1 heterocycles. The average molecular weight is 260 g/mol. The molecular weight excluding hydrogens is 244 g/mol. The number of nitrogens with zero attached hydrogens (tertiary/aromatic N) is 2. The van der Waals surface area contributed by atoms with Crippen LogP contribution in [0.5, 0.6) is 5.75 Å². The molecule has 1 aromatic carbocycles. The lowest BCUT2D eigenvalue weighted by molar-refractivity contribution is 0.414. The SMILES string of the molecule is COc1ccc2c(c1)SC(C#N)C(C(C)(C)C)=N2. The molecule has 4 heteroatoms. The van der Waals surface area contributed by atoms with E-state index in [1.54, 1.807) is 18.9 Å². The van der Waals surface area contributed by atoms with Crippen molar-refractivity contribution in [2.75, 3.05) is 7.11 Å². The quantitative estimate of drug-likeness (QED) is 0.771. The molecule has 0 bridgehead atoms. The monoisotopic (exact) mass is 260 g/mol. The van der Waals surface area contributed by atoms with E-state index in [2.05, 4.69) is 31.8 Å². The van der Waals surface area contributed by atoms with Crippen molar-refractivity contribution in [1.29, 1.82) is 5.26 Å². The standard InChI is InChI=1S/C14H16N2OS/c1-14(2,3)13-12(8-15)18-11-7-9(17-4)5-6-10(11)16-13/h5-7,12H,1-4H3. The van der Waals surface area contributed by atoms with Gasteiger partial charge in [0.2, 0.25) is 0 Å². The Morgan fingerprint density at radius 2 is 2.11 bits per heavy atom. The number of ether oxygens (including phenoxy) is 1. The maximum absolute atomic E-state index is 9.29. The van der Waals surface area contributed by atoms with Crippen molar-refractivity contribution in [2.45, 2.75) is 30.9 Å². The Morgan fingerprint density at radius 1 is 1.39 bits per heavy atom. The molecule has 18 heavy (non-hydrogen) atoms. The zero-order valence-electron chi connectivity index (χ0n) is 11.0. The first-order valence-corrected chi connectivity index (χ1v) is 6.67. The number of aliphatic imine (C=N–C) groups is 1. The predicted molar refractivity (Wildman–Crippen MR) is 74.8 cm³/mol. The van der Waals surface area contributed by atoms with Crippen molar-refractivity contribution in [1.82, 2.24) is 0 Å². The van der Waals surface area contributed by atoms with Crippen LogP contribution < -0.4 is 4.74 Å². The maximum atomic E-state index is 9.29. The fourth-order valence-electron chi connectivity index (χ4n) is 1.83. The lowest BCUT2D eigenvalue weighted by atomic mass is 9.87. The molecular formula is C14H16N2OS. The van der Waals surface area contributed by atoms with Gasteiger partial charge in [0.25, 0.3) is 0 Å². The second-order valence-corrected chi connectivity index (χ2v) is 6.35. The second-order valence-electron chi connectivity index (χ2n) is 5.21. The van der Waals surface area contributed by atoms with E-state index in [9.17, 15) is 5.26 Å². The summed E-state index contributed by atoms with van der Waals surface area (Å²) in [5, 5.41) is 9.08. The summed E-state index contributed by atoms with van der Waals surface area (Å²) in [5.41, 5.74) is 1.77. The Bertz CT molecular complexity index is 538. The van der Waals surface area contributed by atoms with Crippen LogP contribution in [0.1, 0.15) is 20.8 Å². The third-order valence-electron chi connectivity index (χ3n) is 2.79. The Balaban J connectivity index is 2.50. The molecule has 0 amide bonds. The molecule has 1 unspecified atom stereocenters. The first kappa shape index (κ1) is 13.0. The number of nitriles is 1. The van der Waals surface area contributed by atoms with E-state index in [0.717, 1.165) is 22.0 Å². The maximum Gasteiger partial charge on any atom is 0.135 e. The van der Waals surface area contributed by atoms with Crippen LogP contribution in [0, 0.1) is 16.7 Å². The smallest absolute Gasteiger partial charge is 0.135 e. The van der Waals surface area contributed by atoms with E-state index in [4.69, 9.17) is 4.74 Å². The molecule has 94 valence electrons. The summed E-state index contributed by atoms with van der Waals surface area (Å²) in [6.45, 7) is 6.27. The van der Waals surface area contributed by atoms with Gasteiger partial charge in [-0.3, -0.25) is 4.99 Å². The minimum atomic E-state index is -0.218. The predicted octanol–water partition coefficient (Wildman–Crippen LogP) is 3.81. The van der Waals surface area contributed by atoms with Crippen molar-refractivity contribution >= 4 is 23.2 Å². The third-order valence-corrected chi connectivity index (χ3v) is 3.93. The Kier molecular flexibility index (Phi) is 3.36. The Labute approximate surface area is 112 Å². The Hall–Kier alpha value is -1.47. The van der Waals surface area contributed by atoms with E-state index >= 15 is 0 Å². The van der Waals surface area contributed by atoms with Crippen LogP contribution in [-0.4, -0.2) is 18.1 Å². The largest absolute Gasteiger partial charge is 0.497 e. The number of hydrogen-bond donors (Lipinski definition) is 0. The van der Waals surface area contributed by atoms with Gasteiger partial charge in [-0.05, 0) is 18.2 Å². The summed E-state index contributed by atoms with van der Waals surface area (Å²) >= 11 is 1.55. The molecule has 0 spiro atoms. The molecule has 1 aliphatic rings. The number of rotatable bonds is 1. The lowest BCUT2D eigenvalue weighted by Gasteiger charge is -2.28. The van der Waals surface area contributed by atoms with Crippen LogP contribution in [0.15, 0.2) is 28.1 Å². The van der Waals surface area contributed by atoms with Gasteiger partial charge < -0.3 is 4.74 Å². The molecule has 0 N–H and O–H groups in total. The summed E-state index contributed by atoms with van der Waals surface area (Å²) < 4.78 is 5.20. The highest BCUT2D eigenvalue weighted by Gasteiger charge is 2.32. The molecule has 0 radical (unpaired) electrons. The van der Waals surface area contributed by atoms with Crippen molar-refractivity contribution in [2.24, 2.45) is 10.4 Å². The van der Waals surface area contributed by atoms with Crippen molar-refractivity contribution in [3.05, 3.63) is 18.2 Å². The van der Waals surface area contributed by atoms with Crippen LogP contribution in [0.4, 0.5) is 5.69 Å². The van der Waals surface area contributed by atoms with Gasteiger partial charge in [-0.15, -0.1) is 0 Å². The normalized spacial score (nSPS) is 18.6. The third kappa shape index (κ3) is 2.37. The molecule has 1 aliphatic heterocycles. The van der Waals surface area contributed by atoms with Crippen molar-refractivity contribution < 1.29 is 4.74 Å². The summed E-state index contributed by atoms with van der Waals surface area (Å²) in [4.78, 5) is 5.67. The lowest BCUT2D eigenvalue weighted by Crippen LogP contribution is -2.31. The summed E-state index contributed by atoms with van der Waals surface area (Å²) in [6, 6.07) is 8.11. The Morgan fingerprint density at radius 3 is 2.67 bits per heavy atom. The molecule has 2 rings (SSSR count). The van der Waals surface area contributed by atoms with Gasteiger partial charge in [0.15, 0.2) is 0 Å². The molecule has 0 saturated heterocycles. The molecule has 0 aliphatic carbocycles. The number of methoxy groups -OCH3 is 1. The summed E-state index contributed by atoms with van der Waals surface area (Å²) in [6.07, 6.45) is 0. The van der Waals surface area contributed by atoms with Gasteiger partial charge in [-0.1, -0.05) is 32.5 Å². The van der Waals surface area contributed by atoms with E-state index in [1.807, 2.05) is 18.2 Å². The first-order chi connectivity index (χ1) is 8.45. The van der Waals surface area contributed by atoms with Crippen LogP contribution in [-0.2, 0) is 0 Å². The molecule has 0 saturated carbocycles. The summed E-state index contributed by atoms with van der Waals surface area (Å²) in [5.74, 6) is 0.798. The van der Waals surface area contributed by atoms with Crippen LogP contribution >= 0.6 is 11.8 Å². The van der Waals surface area contributed by atoms with Crippen LogP contribution in [0.2, 0.25) is 0 Å². The van der Waals surface area contributed by atoms with Gasteiger partial charge in [0.1, 0.15) is 11.0 Å². The number of fused-ring (bicyclic) bond motifs is 1. The van der Waals surface area contributed by atoms with Crippen molar-refractivity contribution in [3.63, 3.8) is 0 Å². The van der Waals surface area contributed by atoms with Crippen LogP contribution in [0.3, 0.4) is 0 Å². The van der Waals surface area contributed by atoms with Crippen molar-refractivity contribution in [3.8, 4) is 11.8 Å². The first-order valence-electron chi connectivity index (χ1n) is 5.79. The molecule has 0 fully saturated rings. The summed E-state index contributed by atoms with van der Waals surface area (Å²) in [7, 11) is 1.64. The molecule has 3 nitrogen and oxygen atoms in total. The number of hydrogen-bond acceptors (Lipinski definition) is 4. The number of thioether (sulfide) groups is 1. The minimum Gasteiger partial charge on any atom is -0.497 e. The van der Waals surface area contributed by atoms with E-state index in [-0.39, 0.29) is 10.7 Å². The van der Waals surface area contributed by atoms with E-state index < -0.39 is 0 Å². The highest BCUT2D eigenvalue weighted by molar-refractivity contribution is 8.01. The van der Waals surface area contributed by atoms with Gasteiger partial charge in [-0.25, -0.2) is 0 Å². The highest BCUT2D eigenvalue weighted by atomic mass is 32.2. The topological polar surface area (TPSA) is 45.4 Å². The van der Waals surface area contributed by atoms with Gasteiger partial charge in [-0.2, -0.15) is 5.26 Å². The second kappa shape index (κ2) is 4.66. The minimum absolute atomic E-state index is 0.0922. The fourth-order valence-corrected chi connectivity index (χ4v) is 3.07. The number of benzene rings is 1. The van der Waals surface area contributed by atoms with Gasteiger partial charge in [0, 0.05) is 10.3 Å². The fraction of sp³-hybridized carbons (Fsp3) is 0.429. The van der Waals surface area contributed by atoms with Gasteiger partial charge in [0.05, 0.1) is 24.6 Å². The molecule has 1 atom stereocenters. The van der Waals surface area contributed by atoms with E-state index in [0.29, 0.717) is 0 Å². The zero-order chi connectivity index (χ0) is 13.3. The molecule has 0 aromatic heterocycles. The average Bonchev–Trinajstić information content (AvgIpc) is 2.35. The van der Waals surface area contributed by atoms with Crippen LogP contribution in [0.25, 0.3) is 0 Å². The van der Waals surface area contributed by atoms with Gasteiger partial charge >= 0.3 is 0 Å². The highest BCUT2D eigenvalue weighted by Crippen LogP contribution is 2.42. The molecule has 1 aromatic rings. The van der Waals surface area contributed by atoms with E-state index in [1.165, 1.54) is 0 Å².